The zero-order valence-electron chi connectivity index (χ0n) is 11.8. The molecule has 2 rings (SSSR count). The lowest BCUT2D eigenvalue weighted by Gasteiger charge is -2.12. The summed E-state index contributed by atoms with van der Waals surface area (Å²) in [5, 5.41) is 4.01. The minimum absolute atomic E-state index is 0.249. The fourth-order valence-corrected chi connectivity index (χ4v) is 1.65. The van der Waals surface area contributed by atoms with E-state index in [-0.39, 0.29) is 5.91 Å². The highest BCUT2D eigenvalue weighted by Gasteiger charge is 2.06. The number of nitrogens with zero attached hydrogens (tertiary/aromatic N) is 2. The Balaban J connectivity index is 2.03. The van der Waals surface area contributed by atoms with E-state index in [9.17, 15) is 4.79 Å². The third-order valence-corrected chi connectivity index (χ3v) is 2.85. The Hall–Kier alpha value is -2.56. The molecule has 1 aromatic carbocycles. The molecule has 1 aromatic heterocycles. The Kier molecular flexibility index (Phi) is 4.20. The molecule has 104 valence electrons. The first-order valence-corrected chi connectivity index (χ1v) is 6.24. The molecule has 0 unspecified atom stereocenters. The summed E-state index contributed by atoms with van der Waals surface area (Å²) < 4.78 is 5.19. The Morgan fingerprint density at radius 2 is 1.90 bits per heavy atom. The monoisotopic (exact) mass is 271 g/mol. The lowest BCUT2D eigenvalue weighted by Crippen LogP contribution is -2.19. The number of amides is 1. The number of rotatable bonds is 4. The van der Waals surface area contributed by atoms with E-state index >= 15 is 0 Å². The Morgan fingerprint density at radius 1 is 1.20 bits per heavy atom. The summed E-state index contributed by atoms with van der Waals surface area (Å²) in [6.07, 6.45) is 1.57. The van der Waals surface area contributed by atoms with Gasteiger partial charge < -0.3 is 9.32 Å². The van der Waals surface area contributed by atoms with Crippen LogP contribution in [-0.2, 0) is 0 Å². The van der Waals surface area contributed by atoms with Crippen LogP contribution in [0.15, 0.2) is 52.2 Å². The van der Waals surface area contributed by atoms with Crippen molar-refractivity contribution >= 4 is 17.3 Å². The molecule has 1 heterocycles. The molecule has 2 aromatic rings. The second kappa shape index (κ2) is 6.06. The second-order valence-electron chi connectivity index (χ2n) is 4.56. The number of carbonyl (C=O) groups is 1. The maximum Gasteiger partial charge on any atom is 0.271 e. The number of carbonyl (C=O) groups excluding carboxylic acids is 1. The molecule has 5 nitrogen and oxygen atoms in total. The zero-order chi connectivity index (χ0) is 14.5. The number of furan rings is 1. The molecular weight excluding hydrogens is 254 g/mol. The van der Waals surface area contributed by atoms with E-state index in [0.717, 1.165) is 5.69 Å². The average Bonchev–Trinajstić information content (AvgIpc) is 2.98. The van der Waals surface area contributed by atoms with E-state index in [4.69, 9.17) is 4.42 Å². The van der Waals surface area contributed by atoms with Gasteiger partial charge in [0, 0.05) is 25.3 Å². The summed E-state index contributed by atoms with van der Waals surface area (Å²) >= 11 is 0. The Bertz CT molecular complexity index is 599. The first kappa shape index (κ1) is 13.9. The molecule has 0 aliphatic rings. The lowest BCUT2D eigenvalue weighted by atomic mass is 10.2. The van der Waals surface area contributed by atoms with Gasteiger partial charge in [-0.25, -0.2) is 5.43 Å². The van der Waals surface area contributed by atoms with Crippen LogP contribution in [0.3, 0.4) is 0 Å². The van der Waals surface area contributed by atoms with Crippen molar-refractivity contribution in [3.05, 3.63) is 54.0 Å². The summed E-state index contributed by atoms with van der Waals surface area (Å²) in [6, 6.07) is 10.9. The number of hydrazone groups is 1. The van der Waals surface area contributed by atoms with Gasteiger partial charge in [0.2, 0.25) is 0 Å². The molecule has 0 saturated carbocycles. The number of benzene rings is 1. The number of anilines is 1. The molecule has 0 fully saturated rings. The van der Waals surface area contributed by atoms with Gasteiger partial charge in [-0.2, -0.15) is 5.10 Å². The van der Waals surface area contributed by atoms with Gasteiger partial charge in [-0.05, 0) is 43.3 Å². The zero-order valence-corrected chi connectivity index (χ0v) is 11.8. The van der Waals surface area contributed by atoms with E-state index in [1.54, 1.807) is 37.5 Å². The first-order chi connectivity index (χ1) is 9.58. The van der Waals surface area contributed by atoms with Crippen LogP contribution in [0, 0.1) is 0 Å². The summed E-state index contributed by atoms with van der Waals surface area (Å²) in [5.74, 6) is 0.384. The molecule has 0 bridgehead atoms. The minimum atomic E-state index is -0.249. The molecule has 5 heteroatoms. The van der Waals surface area contributed by atoms with Gasteiger partial charge in [0.05, 0.1) is 6.26 Å². The highest BCUT2D eigenvalue weighted by Crippen LogP contribution is 2.12. The maximum absolute atomic E-state index is 11.9. The van der Waals surface area contributed by atoms with Crippen molar-refractivity contribution in [2.45, 2.75) is 6.92 Å². The molecule has 1 amide bonds. The molecular formula is C15H17N3O2. The summed E-state index contributed by atoms with van der Waals surface area (Å²) in [4.78, 5) is 13.9. The highest BCUT2D eigenvalue weighted by atomic mass is 16.3. The van der Waals surface area contributed by atoms with Crippen molar-refractivity contribution in [1.29, 1.82) is 0 Å². The second-order valence-corrected chi connectivity index (χ2v) is 4.56. The van der Waals surface area contributed by atoms with Crippen molar-refractivity contribution in [3.8, 4) is 0 Å². The van der Waals surface area contributed by atoms with Crippen LogP contribution < -0.4 is 10.3 Å². The summed E-state index contributed by atoms with van der Waals surface area (Å²) in [6.45, 7) is 1.77. The standard InChI is InChI=1S/C15H17N3O2/c1-11(14-5-4-10-20-14)16-17-15(19)12-6-8-13(9-7-12)18(2)3/h4-10H,1-3H3,(H,17,19)/b16-11-. The smallest absolute Gasteiger partial charge is 0.271 e. The van der Waals surface area contributed by atoms with Gasteiger partial charge in [0.25, 0.3) is 5.91 Å². The molecule has 0 radical (unpaired) electrons. The van der Waals surface area contributed by atoms with E-state index in [1.807, 2.05) is 31.1 Å². The van der Waals surface area contributed by atoms with Gasteiger partial charge in [-0.3, -0.25) is 4.79 Å². The molecule has 0 aliphatic carbocycles. The normalized spacial score (nSPS) is 11.2. The average molecular weight is 271 g/mol. The van der Waals surface area contributed by atoms with Crippen LogP contribution in [0.4, 0.5) is 5.69 Å². The largest absolute Gasteiger partial charge is 0.463 e. The molecule has 1 N–H and O–H groups in total. The number of hydrogen-bond donors (Lipinski definition) is 1. The van der Waals surface area contributed by atoms with Crippen molar-refractivity contribution in [3.63, 3.8) is 0 Å². The van der Waals surface area contributed by atoms with Crippen molar-refractivity contribution < 1.29 is 9.21 Å². The Morgan fingerprint density at radius 3 is 2.45 bits per heavy atom. The fourth-order valence-electron chi connectivity index (χ4n) is 1.65. The molecule has 0 atom stereocenters. The van der Waals surface area contributed by atoms with Crippen LogP contribution in [0.25, 0.3) is 0 Å². The minimum Gasteiger partial charge on any atom is -0.463 e. The third kappa shape index (κ3) is 3.26. The predicted octanol–water partition coefficient (Wildman–Crippen LogP) is 2.50. The SMILES string of the molecule is C/C(=N/NC(=O)c1ccc(N(C)C)cc1)c1ccco1. The first-order valence-electron chi connectivity index (χ1n) is 6.24. The van der Waals surface area contributed by atoms with Gasteiger partial charge in [-0.15, -0.1) is 0 Å². The quantitative estimate of drug-likeness (QED) is 0.686. The number of hydrogen-bond acceptors (Lipinski definition) is 4. The lowest BCUT2D eigenvalue weighted by molar-refractivity contribution is 0.0955. The van der Waals surface area contributed by atoms with E-state index in [0.29, 0.717) is 17.0 Å². The van der Waals surface area contributed by atoms with Gasteiger partial charge >= 0.3 is 0 Å². The third-order valence-electron chi connectivity index (χ3n) is 2.85. The van der Waals surface area contributed by atoms with Crippen LogP contribution in [-0.4, -0.2) is 25.7 Å². The van der Waals surface area contributed by atoms with Crippen molar-refractivity contribution in [1.82, 2.24) is 5.43 Å². The van der Waals surface area contributed by atoms with Crippen LogP contribution in [0.2, 0.25) is 0 Å². The summed E-state index contributed by atoms with van der Waals surface area (Å²) in [5.41, 5.74) is 4.73. The topological polar surface area (TPSA) is 57.8 Å². The molecule has 0 spiro atoms. The predicted molar refractivity (Wildman–Crippen MR) is 79.2 cm³/mol. The molecule has 0 saturated heterocycles. The van der Waals surface area contributed by atoms with Crippen LogP contribution in [0.1, 0.15) is 23.0 Å². The maximum atomic E-state index is 11.9. The van der Waals surface area contributed by atoms with E-state index in [1.165, 1.54) is 0 Å². The van der Waals surface area contributed by atoms with Gasteiger partial charge in [0.15, 0.2) is 0 Å². The Labute approximate surface area is 117 Å². The van der Waals surface area contributed by atoms with Gasteiger partial charge in [-0.1, -0.05) is 0 Å². The molecule has 0 aliphatic heterocycles. The van der Waals surface area contributed by atoms with Crippen LogP contribution >= 0.6 is 0 Å². The number of nitrogens with one attached hydrogen (secondary N) is 1. The highest BCUT2D eigenvalue weighted by molar-refractivity contribution is 5.99. The van der Waals surface area contributed by atoms with Gasteiger partial charge in [0.1, 0.15) is 11.5 Å². The van der Waals surface area contributed by atoms with Crippen molar-refractivity contribution in [2.24, 2.45) is 5.10 Å². The van der Waals surface area contributed by atoms with E-state index in [2.05, 4.69) is 10.5 Å². The molecule has 20 heavy (non-hydrogen) atoms. The summed E-state index contributed by atoms with van der Waals surface area (Å²) in [7, 11) is 3.90. The van der Waals surface area contributed by atoms with Crippen LogP contribution in [0.5, 0.6) is 0 Å². The van der Waals surface area contributed by atoms with E-state index < -0.39 is 0 Å². The van der Waals surface area contributed by atoms with Crippen molar-refractivity contribution in [2.75, 3.05) is 19.0 Å². The fraction of sp³-hybridized carbons (Fsp3) is 0.200.